The van der Waals surface area contributed by atoms with E-state index in [-0.39, 0.29) is 17.9 Å². The van der Waals surface area contributed by atoms with Gasteiger partial charge in [-0.05, 0) is 43.2 Å². The minimum atomic E-state index is -0.204. The highest BCUT2D eigenvalue weighted by Crippen LogP contribution is 2.38. The van der Waals surface area contributed by atoms with Crippen LogP contribution in [0.2, 0.25) is 0 Å². The molecule has 1 N–H and O–H groups in total. The molecule has 2 amide bonds. The van der Waals surface area contributed by atoms with Gasteiger partial charge in [-0.1, -0.05) is 23.4 Å². The van der Waals surface area contributed by atoms with Crippen molar-refractivity contribution in [1.82, 2.24) is 25.2 Å². The van der Waals surface area contributed by atoms with Gasteiger partial charge in [0.2, 0.25) is 5.91 Å². The van der Waals surface area contributed by atoms with Crippen molar-refractivity contribution in [3.05, 3.63) is 47.3 Å². The zero-order valence-corrected chi connectivity index (χ0v) is 15.9. The third-order valence-corrected chi connectivity index (χ3v) is 6.23. The summed E-state index contributed by atoms with van der Waals surface area (Å²) in [6.07, 6.45) is 6.88. The van der Waals surface area contributed by atoms with Crippen molar-refractivity contribution < 1.29 is 9.59 Å². The van der Waals surface area contributed by atoms with Crippen molar-refractivity contribution in [2.45, 2.75) is 50.6 Å². The smallest absolute Gasteiger partial charge is 0.252 e. The first-order valence-corrected chi connectivity index (χ1v) is 10.2. The van der Waals surface area contributed by atoms with E-state index >= 15 is 0 Å². The van der Waals surface area contributed by atoms with Gasteiger partial charge in [-0.15, -0.1) is 5.10 Å². The molecule has 1 aliphatic carbocycles. The summed E-state index contributed by atoms with van der Waals surface area (Å²) in [5, 5.41) is 11.5. The largest absolute Gasteiger partial charge is 0.345 e. The SMILES string of the molecule is O=C1NC(CC(=O)N2CCC(Cn3cc(C4CC4)nn3)CC2)c2ccccc21. The topological polar surface area (TPSA) is 80.1 Å². The van der Waals surface area contributed by atoms with Crippen LogP contribution in [0.25, 0.3) is 0 Å². The molecule has 2 aliphatic heterocycles. The first kappa shape index (κ1) is 17.4. The summed E-state index contributed by atoms with van der Waals surface area (Å²) in [4.78, 5) is 26.8. The highest BCUT2D eigenvalue weighted by Gasteiger charge is 2.32. The van der Waals surface area contributed by atoms with E-state index < -0.39 is 0 Å². The number of nitrogens with one attached hydrogen (secondary N) is 1. The van der Waals surface area contributed by atoms with Crippen LogP contribution in [0.1, 0.15) is 65.7 Å². The fraction of sp³-hybridized carbons (Fsp3) is 0.524. The van der Waals surface area contributed by atoms with E-state index in [4.69, 9.17) is 0 Å². The van der Waals surface area contributed by atoms with Crippen LogP contribution < -0.4 is 5.32 Å². The summed E-state index contributed by atoms with van der Waals surface area (Å²) in [6, 6.07) is 7.33. The quantitative estimate of drug-likeness (QED) is 0.864. The number of carbonyl (C=O) groups is 2. The molecule has 7 heteroatoms. The van der Waals surface area contributed by atoms with Gasteiger partial charge >= 0.3 is 0 Å². The minimum absolute atomic E-state index is 0.0782. The molecule has 3 heterocycles. The van der Waals surface area contributed by atoms with Crippen molar-refractivity contribution >= 4 is 11.8 Å². The number of piperidine rings is 1. The molecule has 28 heavy (non-hydrogen) atoms. The Morgan fingerprint density at radius 2 is 1.93 bits per heavy atom. The third kappa shape index (κ3) is 3.41. The number of likely N-dealkylation sites (tertiary alicyclic amines) is 1. The number of fused-ring (bicyclic) bond motifs is 1. The zero-order valence-electron chi connectivity index (χ0n) is 15.9. The molecule has 1 atom stereocenters. The van der Waals surface area contributed by atoms with Gasteiger partial charge in [0.05, 0.1) is 18.2 Å². The van der Waals surface area contributed by atoms with Gasteiger partial charge in [0.15, 0.2) is 0 Å². The van der Waals surface area contributed by atoms with Gasteiger partial charge in [-0.25, -0.2) is 0 Å². The summed E-state index contributed by atoms with van der Waals surface area (Å²) >= 11 is 0. The molecule has 2 fully saturated rings. The number of benzene rings is 1. The van der Waals surface area contributed by atoms with Gasteiger partial charge in [0.1, 0.15) is 0 Å². The van der Waals surface area contributed by atoms with Crippen LogP contribution in [0.4, 0.5) is 0 Å². The van der Waals surface area contributed by atoms with Crippen LogP contribution in [0, 0.1) is 5.92 Å². The normalized spacial score (nSPS) is 22.2. The number of amides is 2. The Labute approximate surface area is 164 Å². The Morgan fingerprint density at radius 1 is 1.14 bits per heavy atom. The first-order chi connectivity index (χ1) is 13.7. The molecule has 1 aromatic heterocycles. The van der Waals surface area contributed by atoms with Gasteiger partial charge < -0.3 is 10.2 Å². The second-order valence-electron chi connectivity index (χ2n) is 8.28. The molecular weight excluding hydrogens is 354 g/mol. The summed E-state index contributed by atoms with van der Waals surface area (Å²) in [6.45, 7) is 2.43. The van der Waals surface area contributed by atoms with E-state index in [1.807, 2.05) is 33.8 Å². The Morgan fingerprint density at radius 3 is 2.71 bits per heavy atom. The third-order valence-electron chi connectivity index (χ3n) is 6.23. The van der Waals surface area contributed by atoms with Crippen LogP contribution in [-0.2, 0) is 11.3 Å². The molecule has 7 nitrogen and oxygen atoms in total. The number of rotatable bonds is 5. The van der Waals surface area contributed by atoms with Crippen LogP contribution in [0.3, 0.4) is 0 Å². The zero-order chi connectivity index (χ0) is 19.1. The number of aromatic nitrogens is 3. The lowest BCUT2D eigenvalue weighted by atomic mass is 9.96. The van der Waals surface area contributed by atoms with E-state index in [1.165, 1.54) is 12.8 Å². The van der Waals surface area contributed by atoms with Gasteiger partial charge in [0.25, 0.3) is 5.91 Å². The van der Waals surface area contributed by atoms with Gasteiger partial charge in [-0.2, -0.15) is 0 Å². The van der Waals surface area contributed by atoms with Crippen molar-refractivity contribution in [2.24, 2.45) is 5.92 Å². The van der Waals surface area contributed by atoms with E-state index in [1.54, 1.807) is 0 Å². The van der Waals surface area contributed by atoms with E-state index in [2.05, 4.69) is 21.8 Å². The van der Waals surface area contributed by atoms with Gasteiger partial charge in [0, 0.05) is 37.3 Å². The Hall–Kier alpha value is -2.70. The molecule has 5 rings (SSSR count). The van der Waals surface area contributed by atoms with Crippen molar-refractivity contribution in [3.8, 4) is 0 Å². The average molecular weight is 379 g/mol. The highest BCUT2D eigenvalue weighted by molar-refractivity contribution is 5.99. The minimum Gasteiger partial charge on any atom is -0.345 e. The number of nitrogens with zero attached hydrogens (tertiary/aromatic N) is 4. The first-order valence-electron chi connectivity index (χ1n) is 10.2. The highest BCUT2D eigenvalue weighted by atomic mass is 16.2. The standard InChI is InChI=1S/C21H25N5O2/c27-20(11-18-16-3-1-2-4-17(16)21(28)22-18)25-9-7-14(8-10-25)12-26-13-19(23-24-26)15-5-6-15/h1-4,13-15,18H,5-12H2,(H,22,28). The summed E-state index contributed by atoms with van der Waals surface area (Å²) in [5.41, 5.74) is 2.76. The maximum Gasteiger partial charge on any atom is 0.252 e. The lowest BCUT2D eigenvalue weighted by Gasteiger charge is -2.32. The lowest BCUT2D eigenvalue weighted by molar-refractivity contribution is -0.133. The van der Waals surface area contributed by atoms with Crippen molar-refractivity contribution in [1.29, 1.82) is 0 Å². The molecule has 1 aromatic carbocycles. The number of hydrogen-bond acceptors (Lipinski definition) is 4. The lowest BCUT2D eigenvalue weighted by Crippen LogP contribution is -2.40. The molecular formula is C21H25N5O2. The Bertz CT molecular complexity index is 896. The maximum atomic E-state index is 12.8. The predicted molar refractivity (Wildman–Crippen MR) is 103 cm³/mol. The second kappa shape index (κ2) is 7.04. The van der Waals surface area contributed by atoms with E-state index in [0.717, 1.165) is 43.7 Å². The Kier molecular flexibility index (Phi) is 4.37. The van der Waals surface area contributed by atoms with Crippen LogP contribution >= 0.6 is 0 Å². The van der Waals surface area contributed by atoms with Gasteiger partial charge in [-0.3, -0.25) is 14.3 Å². The van der Waals surface area contributed by atoms with E-state index in [0.29, 0.717) is 23.8 Å². The molecule has 1 unspecified atom stereocenters. The predicted octanol–water partition coefficient (Wildman–Crippen LogP) is 2.27. The molecule has 2 aromatic rings. The molecule has 0 bridgehead atoms. The van der Waals surface area contributed by atoms with Crippen molar-refractivity contribution in [3.63, 3.8) is 0 Å². The van der Waals surface area contributed by atoms with Crippen LogP contribution in [0.15, 0.2) is 30.5 Å². The molecule has 0 spiro atoms. The molecule has 1 saturated carbocycles. The molecule has 1 saturated heterocycles. The van der Waals surface area contributed by atoms with Crippen LogP contribution in [-0.4, -0.2) is 44.8 Å². The van der Waals surface area contributed by atoms with Crippen LogP contribution in [0.5, 0.6) is 0 Å². The molecule has 0 radical (unpaired) electrons. The molecule has 3 aliphatic rings. The fourth-order valence-electron chi connectivity index (χ4n) is 4.38. The average Bonchev–Trinajstić information content (AvgIpc) is 3.39. The summed E-state index contributed by atoms with van der Waals surface area (Å²) in [7, 11) is 0. The number of hydrogen-bond donors (Lipinski definition) is 1. The Balaban J connectivity index is 1.13. The second-order valence-corrected chi connectivity index (χ2v) is 8.28. The monoisotopic (exact) mass is 379 g/mol. The fourth-order valence-corrected chi connectivity index (χ4v) is 4.38. The summed E-state index contributed by atoms with van der Waals surface area (Å²) < 4.78 is 1.97. The molecule has 146 valence electrons. The van der Waals surface area contributed by atoms with E-state index in [9.17, 15) is 9.59 Å². The number of carbonyl (C=O) groups excluding carboxylic acids is 2. The van der Waals surface area contributed by atoms with Crippen molar-refractivity contribution in [2.75, 3.05) is 13.1 Å². The maximum absolute atomic E-state index is 12.8. The summed E-state index contributed by atoms with van der Waals surface area (Å²) in [5.74, 6) is 1.21.